The van der Waals surface area contributed by atoms with Gasteiger partial charge < -0.3 is 5.32 Å². The summed E-state index contributed by atoms with van der Waals surface area (Å²) in [7, 11) is 0. The summed E-state index contributed by atoms with van der Waals surface area (Å²) in [6.07, 6.45) is 2.44. The fraction of sp³-hybridized carbons (Fsp3) is 0.412. The van der Waals surface area contributed by atoms with Gasteiger partial charge in [0.1, 0.15) is 0 Å². The van der Waals surface area contributed by atoms with Crippen LogP contribution in [0, 0.1) is 20.8 Å². The van der Waals surface area contributed by atoms with Gasteiger partial charge in [-0.25, -0.2) is 9.50 Å². The molecule has 8 nitrogen and oxygen atoms in total. The molecule has 0 spiro atoms. The van der Waals surface area contributed by atoms with Crippen molar-refractivity contribution in [3.8, 4) is 0 Å². The van der Waals surface area contributed by atoms with E-state index in [0.29, 0.717) is 30.0 Å². The summed E-state index contributed by atoms with van der Waals surface area (Å²) in [6.45, 7) is 9.00. The molecule has 3 heterocycles. The van der Waals surface area contributed by atoms with Crippen molar-refractivity contribution in [2.75, 3.05) is 6.54 Å². The molecule has 3 aromatic heterocycles. The first-order valence-electron chi connectivity index (χ1n) is 8.30. The number of amides is 1. The van der Waals surface area contributed by atoms with E-state index in [-0.39, 0.29) is 11.5 Å². The van der Waals surface area contributed by atoms with E-state index in [1.807, 2.05) is 18.5 Å². The van der Waals surface area contributed by atoms with Crippen molar-refractivity contribution in [1.29, 1.82) is 0 Å². The molecule has 2 N–H and O–H groups in total. The van der Waals surface area contributed by atoms with Crippen LogP contribution in [-0.4, -0.2) is 36.8 Å². The molecule has 3 rings (SSSR count). The van der Waals surface area contributed by atoms with E-state index in [9.17, 15) is 9.59 Å². The monoisotopic (exact) mass is 342 g/mol. The van der Waals surface area contributed by atoms with Gasteiger partial charge in [0.25, 0.3) is 11.5 Å². The van der Waals surface area contributed by atoms with Gasteiger partial charge in [-0.2, -0.15) is 5.10 Å². The van der Waals surface area contributed by atoms with Crippen LogP contribution >= 0.6 is 0 Å². The van der Waals surface area contributed by atoms with Crippen molar-refractivity contribution in [1.82, 2.24) is 29.7 Å². The van der Waals surface area contributed by atoms with E-state index in [1.165, 1.54) is 22.3 Å². The Balaban J connectivity index is 1.71. The second kappa shape index (κ2) is 6.54. The molecule has 0 unspecified atom stereocenters. The van der Waals surface area contributed by atoms with Crippen molar-refractivity contribution >= 4 is 11.6 Å². The fourth-order valence-electron chi connectivity index (χ4n) is 3.13. The number of aryl methyl sites for hydroxylation is 2. The summed E-state index contributed by atoms with van der Waals surface area (Å²) in [6, 6.07) is 1.39. The Kier molecular flexibility index (Phi) is 4.43. The number of rotatable bonds is 5. The first kappa shape index (κ1) is 16.9. The minimum absolute atomic E-state index is 0.223. The Bertz CT molecular complexity index is 995. The lowest BCUT2D eigenvalue weighted by Gasteiger charge is -2.10. The Labute approximate surface area is 144 Å². The van der Waals surface area contributed by atoms with E-state index < -0.39 is 0 Å². The quantitative estimate of drug-likeness (QED) is 0.726. The summed E-state index contributed by atoms with van der Waals surface area (Å²) in [5, 5.41) is 10.0. The average Bonchev–Trinajstić information content (AvgIpc) is 3.07. The van der Waals surface area contributed by atoms with Crippen LogP contribution in [0.3, 0.4) is 0 Å². The smallest absolute Gasteiger partial charge is 0.266 e. The van der Waals surface area contributed by atoms with Crippen LogP contribution in [0.15, 0.2) is 17.1 Å². The van der Waals surface area contributed by atoms with Gasteiger partial charge in [0.15, 0.2) is 5.65 Å². The third kappa shape index (κ3) is 3.07. The molecule has 8 heteroatoms. The van der Waals surface area contributed by atoms with E-state index in [0.717, 1.165) is 17.8 Å². The number of hydrogen-bond acceptors (Lipinski definition) is 4. The van der Waals surface area contributed by atoms with Crippen LogP contribution in [0.1, 0.15) is 39.9 Å². The molecule has 0 saturated heterocycles. The third-order valence-corrected chi connectivity index (χ3v) is 4.50. The minimum atomic E-state index is -0.246. The summed E-state index contributed by atoms with van der Waals surface area (Å²) in [4.78, 5) is 28.0. The molecular formula is C17H22N6O2. The Morgan fingerprint density at radius 2 is 2.04 bits per heavy atom. The number of aromatic amines is 1. The Morgan fingerprint density at radius 1 is 1.28 bits per heavy atom. The lowest BCUT2D eigenvalue weighted by molar-refractivity contribution is 0.0950. The second-order valence-electron chi connectivity index (χ2n) is 6.05. The third-order valence-electron chi connectivity index (χ3n) is 4.50. The number of nitrogens with zero attached hydrogens (tertiary/aromatic N) is 4. The first-order chi connectivity index (χ1) is 11.9. The van der Waals surface area contributed by atoms with Crippen LogP contribution in [0.4, 0.5) is 0 Å². The molecular weight excluding hydrogens is 320 g/mol. The average molecular weight is 342 g/mol. The predicted octanol–water partition coefficient (Wildman–Crippen LogP) is 1.14. The first-order valence-corrected chi connectivity index (χ1v) is 8.30. The minimum Gasteiger partial charge on any atom is -0.350 e. The van der Waals surface area contributed by atoms with Crippen LogP contribution in [0.2, 0.25) is 0 Å². The highest BCUT2D eigenvalue weighted by Crippen LogP contribution is 2.13. The van der Waals surface area contributed by atoms with Gasteiger partial charge in [-0.05, 0) is 32.8 Å². The zero-order valence-electron chi connectivity index (χ0n) is 14.9. The molecule has 0 aliphatic heterocycles. The van der Waals surface area contributed by atoms with E-state index in [2.05, 4.69) is 27.4 Å². The van der Waals surface area contributed by atoms with Gasteiger partial charge in [-0.1, -0.05) is 6.92 Å². The maximum Gasteiger partial charge on any atom is 0.266 e. The number of fused-ring (bicyclic) bond motifs is 1. The lowest BCUT2D eigenvalue weighted by Crippen LogP contribution is -2.29. The normalized spacial score (nSPS) is 11.2. The highest BCUT2D eigenvalue weighted by atomic mass is 16.1. The Morgan fingerprint density at radius 3 is 2.72 bits per heavy atom. The van der Waals surface area contributed by atoms with Crippen LogP contribution < -0.4 is 10.9 Å². The van der Waals surface area contributed by atoms with Gasteiger partial charge >= 0.3 is 0 Å². The highest BCUT2D eigenvalue weighted by Gasteiger charge is 2.14. The van der Waals surface area contributed by atoms with Crippen molar-refractivity contribution in [3.63, 3.8) is 0 Å². The van der Waals surface area contributed by atoms with Crippen molar-refractivity contribution < 1.29 is 4.79 Å². The van der Waals surface area contributed by atoms with E-state index in [4.69, 9.17) is 0 Å². The number of hydrogen-bond donors (Lipinski definition) is 2. The summed E-state index contributed by atoms with van der Waals surface area (Å²) in [5.74, 6) is -0.223. The molecule has 3 aromatic rings. The van der Waals surface area contributed by atoms with Crippen molar-refractivity contribution in [3.05, 3.63) is 50.8 Å². The van der Waals surface area contributed by atoms with Gasteiger partial charge in [-0.15, -0.1) is 0 Å². The van der Waals surface area contributed by atoms with Crippen LogP contribution in [-0.2, 0) is 13.0 Å². The molecule has 132 valence electrons. The zero-order chi connectivity index (χ0) is 18.1. The largest absolute Gasteiger partial charge is 0.350 e. The fourth-order valence-corrected chi connectivity index (χ4v) is 3.13. The number of nitrogens with one attached hydrogen (secondary N) is 2. The molecule has 0 atom stereocenters. The van der Waals surface area contributed by atoms with Gasteiger partial charge in [0, 0.05) is 24.5 Å². The number of H-pyrrole nitrogens is 1. The molecule has 0 fully saturated rings. The topological polar surface area (TPSA) is 97.1 Å². The molecule has 0 aliphatic rings. The molecule has 1 amide bonds. The van der Waals surface area contributed by atoms with Crippen LogP contribution in [0.5, 0.6) is 0 Å². The zero-order valence-corrected chi connectivity index (χ0v) is 14.9. The van der Waals surface area contributed by atoms with Crippen molar-refractivity contribution in [2.24, 2.45) is 0 Å². The molecule has 25 heavy (non-hydrogen) atoms. The second-order valence-corrected chi connectivity index (χ2v) is 6.05. The standard InChI is InChI=1S/C17H22N6O2/c1-5-13-10(2)20-22(11(13)3)7-6-18-17(25)14-9-19-15-8-16(24)21-23(15)12(14)4/h8-9H,5-7H2,1-4H3,(H,18,25)(H,21,24). The summed E-state index contributed by atoms with van der Waals surface area (Å²) >= 11 is 0. The maximum absolute atomic E-state index is 12.4. The van der Waals surface area contributed by atoms with Gasteiger partial charge in [0.2, 0.25) is 0 Å². The Hall–Kier alpha value is -2.90. The molecule has 0 aliphatic carbocycles. The van der Waals surface area contributed by atoms with Crippen molar-refractivity contribution in [2.45, 2.75) is 40.7 Å². The summed E-state index contributed by atoms with van der Waals surface area (Å²) < 4.78 is 3.44. The maximum atomic E-state index is 12.4. The van der Waals surface area contributed by atoms with Crippen LogP contribution in [0.25, 0.3) is 5.65 Å². The molecule has 0 radical (unpaired) electrons. The SMILES string of the molecule is CCc1c(C)nn(CCNC(=O)c2cnc3cc(=O)[nH]n3c2C)c1C. The van der Waals surface area contributed by atoms with Gasteiger partial charge in [-0.3, -0.25) is 19.4 Å². The lowest BCUT2D eigenvalue weighted by atomic mass is 10.1. The highest BCUT2D eigenvalue weighted by molar-refractivity contribution is 5.95. The summed E-state index contributed by atoms with van der Waals surface area (Å²) in [5.41, 5.74) is 4.75. The number of aromatic nitrogens is 5. The predicted molar refractivity (Wildman–Crippen MR) is 94.0 cm³/mol. The van der Waals surface area contributed by atoms with E-state index in [1.54, 1.807) is 6.92 Å². The molecule has 0 bridgehead atoms. The molecule has 0 aromatic carbocycles. The van der Waals surface area contributed by atoms with Gasteiger partial charge in [0.05, 0.1) is 23.5 Å². The number of carbonyl (C=O) groups is 1. The number of carbonyl (C=O) groups excluding carboxylic acids is 1. The van der Waals surface area contributed by atoms with E-state index >= 15 is 0 Å². The molecule has 0 saturated carbocycles.